The van der Waals surface area contributed by atoms with Gasteiger partial charge in [-0.15, -0.1) is 0 Å². The molecule has 0 saturated carbocycles. The maximum absolute atomic E-state index is 13.7. The Bertz CT molecular complexity index is 889. The summed E-state index contributed by atoms with van der Waals surface area (Å²) in [7, 11) is 0. The molecule has 0 aliphatic rings. The molecule has 3 rings (SSSR count). The van der Waals surface area contributed by atoms with E-state index in [9.17, 15) is 9.18 Å². The normalized spacial score (nSPS) is 10.8. The zero-order valence-corrected chi connectivity index (χ0v) is 15.2. The molecule has 0 fully saturated rings. The molecule has 8 heteroatoms. The summed E-state index contributed by atoms with van der Waals surface area (Å²) >= 11 is 3.39. The van der Waals surface area contributed by atoms with E-state index < -0.39 is 0 Å². The van der Waals surface area contributed by atoms with Crippen molar-refractivity contribution in [1.82, 2.24) is 19.6 Å². The molecule has 3 aromatic rings. The number of benzene rings is 1. The number of amides is 1. The summed E-state index contributed by atoms with van der Waals surface area (Å²) in [5.74, 6) is 0.0196. The van der Waals surface area contributed by atoms with Crippen molar-refractivity contribution in [3.8, 4) is 0 Å². The van der Waals surface area contributed by atoms with Crippen molar-refractivity contribution in [3.63, 3.8) is 0 Å². The van der Waals surface area contributed by atoms with Crippen LogP contribution < -0.4 is 5.32 Å². The van der Waals surface area contributed by atoms with E-state index in [1.807, 2.05) is 6.92 Å². The third-order valence-electron chi connectivity index (χ3n) is 3.79. The first-order valence-electron chi connectivity index (χ1n) is 7.77. The van der Waals surface area contributed by atoms with Gasteiger partial charge in [-0.1, -0.05) is 18.2 Å². The van der Waals surface area contributed by atoms with Crippen LogP contribution in [0.1, 0.15) is 17.7 Å². The number of carbonyl (C=O) groups is 1. The molecule has 1 amide bonds. The molecule has 130 valence electrons. The Morgan fingerprint density at radius 2 is 2.12 bits per heavy atom. The first-order chi connectivity index (χ1) is 12.0. The number of aryl methyl sites for hydroxylation is 1. The van der Waals surface area contributed by atoms with Gasteiger partial charge in [0.05, 0.1) is 23.8 Å². The fourth-order valence-electron chi connectivity index (χ4n) is 2.38. The third-order valence-corrected chi connectivity index (χ3v) is 4.57. The van der Waals surface area contributed by atoms with Crippen LogP contribution >= 0.6 is 15.9 Å². The minimum atomic E-state index is -0.274. The predicted octanol–water partition coefficient (Wildman–Crippen LogP) is 3.37. The second-order valence-corrected chi connectivity index (χ2v) is 6.44. The number of aromatic nitrogens is 4. The van der Waals surface area contributed by atoms with Crippen molar-refractivity contribution >= 4 is 27.7 Å². The third kappa shape index (κ3) is 4.33. The second-order valence-electron chi connectivity index (χ2n) is 5.59. The second kappa shape index (κ2) is 7.60. The lowest BCUT2D eigenvalue weighted by atomic mass is 10.2. The van der Waals surface area contributed by atoms with Crippen molar-refractivity contribution in [3.05, 3.63) is 64.3 Å². The molecular weight excluding hydrogens is 389 g/mol. The topological polar surface area (TPSA) is 64.7 Å². The summed E-state index contributed by atoms with van der Waals surface area (Å²) in [5, 5.41) is 11.2. The quantitative estimate of drug-likeness (QED) is 0.683. The zero-order valence-electron chi connectivity index (χ0n) is 13.6. The van der Waals surface area contributed by atoms with Gasteiger partial charge in [-0.05, 0) is 28.9 Å². The van der Waals surface area contributed by atoms with E-state index in [1.54, 1.807) is 46.0 Å². The van der Waals surface area contributed by atoms with Gasteiger partial charge in [0.1, 0.15) is 5.82 Å². The molecule has 1 N–H and O–H groups in total. The van der Waals surface area contributed by atoms with E-state index >= 15 is 0 Å². The van der Waals surface area contributed by atoms with Crippen LogP contribution in [0.15, 0.2) is 47.2 Å². The van der Waals surface area contributed by atoms with E-state index in [1.165, 1.54) is 6.07 Å². The lowest BCUT2D eigenvalue weighted by molar-refractivity contribution is -0.116. The molecule has 0 unspecified atom stereocenters. The SMILES string of the molecule is Cc1c(Br)cnn1CCC(=O)Nc1ccn(Cc2ccccc2F)n1. The highest BCUT2D eigenvalue weighted by Crippen LogP contribution is 2.15. The van der Waals surface area contributed by atoms with Gasteiger partial charge >= 0.3 is 0 Å². The van der Waals surface area contributed by atoms with E-state index in [0.717, 1.165) is 10.2 Å². The number of anilines is 1. The molecule has 2 heterocycles. The van der Waals surface area contributed by atoms with E-state index in [2.05, 4.69) is 31.4 Å². The molecule has 0 saturated heterocycles. The number of hydrogen-bond donors (Lipinski definition) is 1. The Kier molecular flexibility index (Phi) is 5.28. The van der Waals surface area contributed by atoms with Crippen LogP contribution in [-0.2, 0) is 17.9 Å². The number of nitrogens with zero attached hydrogens (tertiary/aromatic N) is 4. The van der Waals surface area contributed by atoms with Gasteiger partial charge in [0.25, 0.3) is 0 Å². The van der Waals surface area contributed by atoms with Crippen LogP contribution in [0.25, 0.3) is 0 Å². The minimum absolute atomic E-state index is 0.151. The summed E-state index contributed by atoms with van der Waals surface area (Å²) in [5.41, 5.74) is 1.52. The van der Waals surface area contributed by atoms with Gasteiger partial charge in [-0.3, -0.25) is 14.2 Å². The Labute approximate surface area is 152 Å². The van der Waals surface area contributed by atoms with E-state index in [-0.39, 0.29) is 18.1 Å². The summed E-state index contributed by atoms with van der Waals surface area (Å²) in [6.07, 6.45) is 3.70. The first kappa shape index (κ1) is 17.3. The van der Waals surface area contributed by atoms with Gasteiger partial charge in [0, 0.05) is 29.9 Å². The van der Waals surface area contributed by atoms with Crippen LogP contribution in [0.2, 0.25) is 0 Å². The Morgan fingerprint density at radius 3 is 2.84 bits per heavy atom. The number of nitrogens with one attached hydrogen (secondary N) is 1. The van der Waals surface area contributed by atoms with Gasteiger partial charge in [-0.25, -0.2) is 4.39 Å². The number of rotatable bonds is 6. The van der Waals surface area contributed by atoms with Crippen molar-refractivity contribution in [2.75, 3.05) is 5.32 Å². The van der Waals surface area contributed by atoms with Crippen LogP contribution in [0.4, 0.5) is 10.2 Å². The average molecular weight is 406 g/mol. The van der Waals surface area contributed by atoms with Crippen LogP contribution in [0, 0.1) is 12.7 Å². The van der Waals surface area contributed by atoms with Crippen LogP contribution in [-0.4, -0.2) is 25.5 Å². The molecule has 0 atom stereocenters. The Morgan fingerprint density at radius 1 is 1.32 bits per heavy atom. The molecule has 25 heavy (non-hydrogen) atoms. The smallest absolute Gasteiger partial charge is 0.227 e. The fourth-order valence-corrected chi connectivity index (χ4v) is 2.68. The highest BCUT2D eigenvalue weighted by atomic mass is 79.9. The summed E-state index contributed by atoms with van der Waals surface area (Å²) in [6.45, 7) is 2.72. The fraction of sp³-hybridized carbons (Fsp3) is 0.235. The highest BCUT2D eigenvalue weighted by molar-refractivity contribution is 9.10. The van der Waals surface area contributed by atoms with Crippen molar-refractivity contribution in [2.45, 2.75) is 26.4 Å². The number of halogens is 2. The highest BCUT2D eigenvalue weighted by Gasteiger charge is 2.09. The molecule has 1 aromatic carbocycles. The van der Waals surface area contributed by atoms with Gasteiger partial charge in [-0.2, -0.15) is 10.2 Å². The van der Waals surface area contributed by atoms with Crippen molar-refractivity contribution in [2.24, 2.45) is 0 Å². The minimum Gasteiger partial charge on any atom is -0.309 e. The summed E-state index contributed by atoms with van der Waals surface area (Å²) < 4.78 is 17.9. The molecule has 0 aliphatic heterocycles. The van der Waals surface area contributed by atoms with Crippen LogP contribution in [0.5, 0.6) is 0 Å². The Hall–Kier alpha value is -2.48. The molecule has 0 bridgehead atoms. The van der Waals surface area contributed by atoms with Crippen molar-refractivity contribution < 1.29 is 9.18 Å². The van der Waals surface area contributed by atoms with Gasteiger partial charge in [0.15, 0.2) is 5.82 Å². The van der Waals surface area contributed by atoms with Crippen LogP contribution in [0.3, 0.4) is 0 Å². The average Bonchev–Trinajstić information content (AvgIpc) is 3.15. The Balaban J connectivity index is 1.55. The molecular formula is C17H17BrFN5O. The first-order valence-corrected chi connectivity index (χ1v) is 8.57. The van der Waals surface area contributed by atoms with E-state index in [0.29, 0.717) is 24.5 Å². The number of hydrogen-bond acceptors (Lipinski definition) is 3. The number of carbonyl (C=O) groups excluding carboxylic acids is 1. The molecule has 0 aliphatic carbocycles. The van der Waals surface area contributed by atoms with Gasteiger partial charge in [0.2, 0.25) is 5.91 Å². The predicted molar refractivity (Wildman–Crippen MR) is 95.6 cm³/mol. The largest absolute Gasteiger partial charge is 0.309 e. The molecule has 6 nitrogen and oxygen atoms in total. The van der Waals surface area contributed by atoms with Gasteiger partial charge < -0.3 is 5.32 Å². The standard InChI is InChI=1S/C17H17BrFN5O/c1-12-14(18)10-20-24(12)9-7-17(25)21-16-6-8-23(22-16)11-13-4-2-3-5-15(13)19/h2-6,8,10H,7,9,11H2,1H3,(H,21,22,25). The maximum Gasteiger partial charge on any atom is 0.227 e. The summed E-state index contributed by atoms with van der Waals surface area (Å²) in [4.78, 5) is 12.1. The molecule has 0 radical (unpaired) electrons. The summed E-state index contributed by atoms with van der Waals surface area (Å²) in [6, 6.07) is 8.24. The van der Waals surface area contributed by atoms with Crippen molar-refractivity contribution in [1.29, 1.82) is 0 Å². The lowest BCUT2D eigenvalue weighted by Crippen LogP contribution is -2.16. The molecule has 0 spiro atoms. The van der Waals surface area contributed by atoms with E-state index in [4.69, 9.17) is 0 Å². The lowest BCUT2D eigenvalue weighted by Gasteiger charge is -2.05. The zero-order chi connectivity index (χ0) is 17.8. The molecule has 2 aromatic heterocycles. The monoisotopic (exact) mass is 405 g/mol. The maximum atomic E-state index is 13.7.